The van der Waals surface area contributed by atoms with Crippen LogP contribution in [0.2, 0.25) is 0 Å². The Morgan fingerprint density at radius 3 is 2.38 bits per heavy atom. The Bertz CT molecular complexity index is 812. The van der Waals surface area contributed by atoms with Gasteiger partial charge in [-0.1, -0.05) is 30.3 Å². The first-order valence-corrected chi connectivity index (χ1v) is 8.02. The van der Waals surface area contributed by atoms with Crippen LogP contribution in [-0.4, -0.2) is 35.5 Å². The molecule has 5 nitrogen and oxygen atoms in total. The minimum absolute atomic E-state index is 0.0676. The summed E-state index contributed by atoms with van der Waals surface area (Å²) in [6, 6.07) is 14.1. The Morgan fingerprint density at radius 2 is 1.71 bits per heavy atom. The average molecular weight is 326 g/mol. The highest BCUT2D eigenvalue weighted by atomic mass is 16.5. The third kappa shape index (κ3) is 3.21. The third-order valence-electron chi connectivity index (χ3n) is 4.14. The lowest BCUT2D eigenvalue weighted by molar-refractivity contribution is 0.276. The van der Waals surface area contributed by atoms with Gasteiger partial charge in [-0.2, -0.15) is 0 Å². The maximum atomic E-state index is 9.43. The molecule has 0 saturated heterocycles. The summed E-state index contributed by atoms with van der Waals surface area (Å²) in [5.41, 5.74) is 3.07. The molecule has 0 aliphatic carbocycles. The molecule has 0 amide bonds. The Balaban J connectivity index is 1.98. The highest BCUT2D eigenvalue weighted by Crippen LogP contribution is 2.32. The number of benzene rings is 2. The number of imidazole rings is 1. The minimum Gasteiger partial charge on any atom is -0.493 e. The number of fused-ring (bicyclic) bond motifs is 1. The summed E-state index contributed by atoms with van der Waals surface area (Å²) in [6.45, 7) is 0.578. The second-order valence-electron chi connectivity index (χ2n) is 5.58. The summed E-state index contributed by atoms with van der Waals surface area (Å²) in [6.07, 6.45) is 1.72. The maximum absolute atomic E-state index is 9.43. The summed E-state index contributed by atoms with van der Waals surface area (Å²) < 4.78 is 12.8. The smallest absolute Gasteiger partial charge is 0.163 e. The molecule has 1 aromatic heterocycles. The molecule has 126 valence electrons. The molecule has 0 saturated carbocycles. The van der Waals surface area contributed by atoms with Gasteiger partial charge in [-0.05, 0) is 12.0 Å². The van der Waals surface area contributed by atoms with E-state index in [2.05, 4.69) is 16.7 Å². The van der Waals surface area contributed by atoms with Crippen molar-refractivity contribution in [2.45, 2.75) is 19.4 Å². The summed E-state index contributed by atoms with van der Waals surface area (Å²) in [5, 5.41) is 9.43. The van der Waals surface area contributed by atoms with Gasteiger partial charge in [0.05, 0.1) is 31.9 Å². The average Bonchev–Trinajstić information content (AvgIpc) is 2.96. The van der Waals surface area contributed by atoms with Crippen molar-refractivity contribution in [1.82, 2.24) is 9.55 Å². The van der Waals surface area contributed by atoms with Crippen LogP contribution in [0.3, 0.4) is 0 Å². The highest BCUT2D eigenvalue weighted by molar-refractivity contribution is 5.80. The number of rotatable bonds is 7. The molecule has 3 rings (SSSR count). The third-order valence-corrected chi connectivity index (χ3v) is 4.14. The van der Waals surface area contributed by atoms with Crippen molar-refractivity contribution in [3.63, 3.8) is 0 Å². The van der Waals surface area contributed by atoms with Gasteiger partial charge in [0.1, 0.15) is 5.82 Å². The van der Waals surface area contributed by atoms with Crippen LogP contribution in [-0.2, 0) is 19.4 Å². The standard InChI is InChI=1S/C19H22N2O3/c1-23-17-12-15-16(13-18(17)24-2)21(10-11-22)19(20-15)9-8-14-6-4-3-5-7-14/h3-7,12-13,22H,8-11H2,1-2H3. The van der Waals surface area contributed by atoms with Gasteiger partial charge in [0.25, 0.3) is 0 Å². The van der Waals surface area contributed by atoms with E-state index in [4.69, 9.17) is 14.5 Å². The first-order chi connectivity index (χ1) is 11.8. The zero-order valence-corrected chi connectivity index (χ0v) is 14.0. The molecule has 0 unspecified atom stereocenters. The van der Waals surface area contributed by atoms with Gasteiger partial charge in [-0.3, -0.25) is 0 Å². The van der Waals surface area contributed by atoms with Crippen LogP contribution in [0.5, 0.6) is 11.5 Å². The lowest BCUT2D eigenvalue weighted by atomic mass is 10.1. The number of ether oxygens (including phenoxy) is 2. The minimum atomic E-state index is 0.0676. The molecule has 0 aliphatic rings. The summed E-state index contributed by atoms with van der Waals surface area (Å²) in [7, 11) is 3.23. The molecule has 1 N–H and O–H groups in total. The lowest BCUT2D eigenvalue weighted by Gasteiger charge is -2.10. The number of methoxy groups -OCH3 is 2. The van der Waals surface area contributed by atoms with Crippen molar-refractivity contribution in [2.75, 3.05) is 20.8 Å². The molecule has 1 heterocycles. The normalized spacial score (nSPS) is 11.0. The molecule has 0 radical (unpaired) electrons. The van der Waals surface area contributed by atoms with E-state index in [1.165, 1.54) is 5.56 Å². The van der Waals surface area contributed by atoms with Gasteiger partial charge in [0.15, 0.2) is 11.5 Å². The zero-order chi connectivity index (χ0) is 16.9. The van der Waals surface area contributed by atoms with Gasteiger partial charge < -0.3 is 19.1 Å². The van der Waals surface area contributed by atoms with E-state index in [-0.39, 0.29) is 6.61 Å². The van der Waals surface area contributed by atoms with E-state index in [0.29, 0.717) is 18.0 Å². The van der Waals surface area contributed by atoms with Crippen molar-refractivity contribution >= 4 is 11.0 Å². The van der Waals surface area contributed by atoms with E-state index in [1.807, 2.05) is 30.3 Å². The quantitative estimate of drug-likeness (QED) is 0.725. The molecule has 0 atom stereocenters. The van der Waals surface area contributed by atoms with E-state index >= 15 is 0 Å². The second-order valence-corrected chi connectivity index (χ2v) is 5.58. The van der Waals surface area contributed by atoms with Crippen LogP contribution < -0.4 is 9.47 Å². The number of hydrogen-bond acceptors (Lipinski definition) is 4. The number of hydrogen-bond donors (Lipinski definition) is 1. The Kier molecular flexibility index (Phi) is 5.01. The van der Waals surface area contributed by atoms with Crippen molar-refractivity contribution in [3.05, 3.63) is 53.9 Å². The number of nitrogens with zero attached hydrogens (tertiary/aromatic N) is 2. The summed E-state index contributed by atoms with van der Waals surface area (Å²) in [4.78, 5) is 4.75. The number of aliphatic hydroxyl groups excluding tert-OH is 1. The van der Waals surface area contributed by atoms with Crippen molar-refractivity contribution in [2.24, 2.45) is 0 Å². The van der Waals surface area contributed by atoms with E-state index in [0.717, 1.165) is 29.7 Å². The Labute approximate surface area is 141 Å². The fourth-order valence-electron chi connectivity index (χ4n) is 2.94. The highest BCUT2D eigenvalue weighted by Gasteiger charge is 2.15. The van der Waals surface area contributed by atoms with E-state index < -0.39 is 0 Å². The predicted molar refractivity (Wildman–Crippen MR) is 93.8 cm³/mol. The molecule has 2 aromatic carbocycles. The van der Waals surface area contributed by atoms with Crippen LogP contribution >= 0.6 is 0 Å². The molecule has 5 heteroatoms. The van der Waals surface area contributed by atoms with Gasteiger partial charge in [-0.25, -0.2) is 4.98 Å². The van der Waals surface area contributed by atoms with Crippen molar-refractivity contribution < 1.29 is 14.6 Å². The second kappa shape index (κ2) is 7.36. The molecule has 3 aromatic rings. The molecular weight excluding hydrogens is 304 g/mol. The Hall–Kier alpha value is -2.53. The number of aromatic nitrogens is 2. The first-order valence-electron chi connectivity index (χ1n) is 8.02. The molecule has 24 heavy (non-hydrogen) atoms. The summed E-state index contributed by atoms with van der Waals surface area (Å²) >= 11 is 0. The van der Waals surface area contributed by atoms with Gasteiger partial charge in [0, 0.05) is 25.1 Å². The molecule has 0 fully saturated rings. The Morgan fingerprint density at radius 1 is 1.00 bits per heavy atom. The van der Waals surface area contributed by atoms with Crippen LogP contribution in [0.15, 0.2) is 42.5 Å². The van der Waals surface area contributed by atoms with E-state index in [9.17, 15) is 5.11 Å². The van der Waals surface area contributed by atoms with Gasteiger partial charge >= 0.3 is 0 Å². The van der Waals surface area contributed by atoms with Crippen LogP contribution in [0.1, 0.15) is 11.4 Å². The van der Waals surface area contributed by atoms with Crippen molar-refractivity contribution in [3.8, 4) is 11.5 Å². The van der Waals surface area contributed by atoms with Crippen LogP contribution in [0.4, 0.5) is 0 Å². The molecule has 0 spiro atoms. The first kappa shape index (κ1) is 16.3. The van der Waals surface area contributed by atoms with Crippen LogP contribution in [0.25, 0.3) is 11.0 Å². The zero-order valence-electron chi connectivity index (χ0n) is 14.0. The molecule has 0 aliphatic heterocycles. The van der Waals surface area contributed by atoms with Crippen molar-refractivity contribution in [1.29, 1.82) is 0 Å². The monoisotopic (exact) mass is 326 g/mol. The van der Waals surface area contributed by atoms with E-state index in [1.54, 1.807) is 14.2 Å². The van der Waals surface area contributed by atoms with Crippen LogP contribution in [0, 0.1) is 0 Å². The molecule has 0 bridgehead atoms. The van der Waals surface area contributed by atoms with Gasteiger partial charge in [-0.15, -0.1) is 0 Å². The number of aliphatic hydroxyl groups is 1. The fourth-order valence-corrected chi connectivity index (χ4v) is 2.94. The predicted octanol–water partition coefficient (Wildman–Crippen LogP) is 2.83. The maximum Gasteiger partial charge on any atom is 0.163 e. The number of aryl methyl sites for hydroxylation is 2. The topological polar surface area (TPSA) is 56.5 Å². The molecular formula is C19H22N2O3. The summed E-state index contributed by atoms with van der Waals surface area (Å²) in [5.74, 6) is 2.28. The largest absolute Gasteiger partial charge is 0.493 e. The van der Waals surface area contributed by atoms with Gasteiger partial charge in [0.2, 0.25) is 0 Å². The fraction of sp³-hybridized carbons (Fsp3) is 0.316. The lowest BCUT2D eigenvalue weighted by Crippen LogP contribution is -2.08. The SMILES string of the molecule is COc1cc2nc(CCc3ccccc3)n(CCO)c2cc1OC.